The molecule has 0 unspecified atom stereocenters. The van der Waals surface area contributed by atoms with Crippen LogP contribution in [-0.2, 0) is 0 Å². The van der Waals surface area contributed by atoms with Crippen molar-refractivity contribution in [1.29, 1.82) is 0 Å². The summed E-state index contributed by atoms with van der Waals surface area (Å²) in [7, 11) is 0. The maximum absolute atomic E-state index is 2.26. The van der Waals surface area contributed by atoms with E-state index in [2.05, 4.69) is 23.4 Å². The molecule has 0 N–H and O–H groups in total. The van der Waals surface area contributed by atoms with Crippen LogP contribution in [0.4, 0.5) is 0 Å². The number of hydrogen-bond donors (Lipinski definition) is 0. The van der Waals surface area contributed by atoms with Gasteiger partial charge >= 0.3 is 67.2 Å². The van der Waals surface area contributed by atoms with Crippen LogP contribution in [0.15, 0.2) is 0 Å². The number of unbranched alkanes of at least 4 members (excludes halogenated alkanes) is 5. The molecule has 0 aromatic heterocycles. The van der Waals surface area contributed by atoms with Crippen molar-refractivity contribution in [2.75, 3.05) is 0 Å². The minimum Gasteiger partial charge on any atom is -1.00 e. The molecule has 0 radical (unpaired) electrons. The Morgan fingerprint density at radius 2 is 1.17 bits per heavy atom. The molecular weight excluding hydrogens is 275 g/mol. The van der Waals surface area contributed by atoms with Crippen LogP contribution in [0.1, 0.15) is 45.4 Å². The molecule has 12 heavy (non-hydrogen) atoms. The van der Waals surface area contributed by atoms with E-state index in [1.54, 1.807) is 0 Å². The first kappa shape index (κ1) is 23.3. The average Bonchev–Trinajstić information content (AvgIpc) is 1.89. The van der Waals surface area contributed by atoms with Gasteiger partial charge in [0.2, 0.25) is 0 Å². The minimum absolute atomic E-state index is 0. The Bertz CT molecular complexity index is 47.6. The second kappa shape index (κ2) is 22.8. The van der Waals surface area contributed by atoms with Crippen LogP contribution in [0.2, 0.25) is 5.25 Å². The predicted molar refractivity (Wildman–Crippen MR) is 43.9 cm³/mol. The summed E-state index contributed by atoms with van der Waals surface area (Å²) in [6.45, 7) is 2.26. The minimum atomic E-state index is 0. The Balaban J connectivity index is -0.000000107. The Morgan fingerprint density at radius 1 is 0.750 bits per heavy atom. The van der Waals surface area contributed by atoms with Crippen LogP contribution in [0.5, 0.6) is 0 Å². The Labute approximate surface area is 104 Å². The molecule has 0 saturated heterocycles. The van der Waals surface area contributed by atoms with Crippen LogP contribution in [0.3, 0.4) is 0 Å². The van der Waals surface area contributed by atoms with Gasteiger partial charge in [0.15, 0.2) is 0 Å². The third-order valence-electron chi connectivity index (χ3n) is 1.53. The first-order chi connectivity index (χ1) is 4.41. The van der Waals surface area contributed by atoms with Gasteiger partial charge in [-0.2, -0.15) is 0 Å². The molecule has 0 aliphatic rings. The molecule has 0 nitrogen and oxygen atoms in total. The monoisotopic (exact) mass is 292 g/mol. The van der Waals surface area contributed by atoms with Crippen LogP contribution in [-0.4, -0.2) is 16.5 Å². The van der Waals surface area contributed by atoms with Gasteiger partial charge in [-0.05, 0) is 0 Å². The Morgan fingerprint density at radius 3 is 1.58 bits per heavy atom. The largest absolute Gasteiger partial charge is 1.00 e. The van der Waals surface area contributed by atoms with Crippen LogP contribution >= 0.6 is 0 Å². The predicted octanol–water partition coefficient (Wildman–Crippen LogP) is -6.05. The van der Waals surface area contributed by atoms with E-state index in [-0.39, 0.29) is 37.2 Å². The van der Waals surface area contributed by atoms with Gasteiger partial charge in [-0.15, -0.1) is 0 Å². The molecule has 0 heterocycles. The molecule has 0 aliphatic heterocycles. The van der Waals surface area contributed by atoms with Gasteiger partial charge in [-0.25, -0.2) is 0 Å². The van der Waals surface area contributed by atoms with Gasteiger partial charge in [0.1, 0.15) is 0 Å². The van der Waals surface area contributed by atoms with E-state index < -0.39 is 0 Å². The summed E-state index contributed by atoms with van der Waals surface area (Å²) in [6.07, 6.45) is 8.61. The van der Waals surface area contributed by atoms with E-state index in [4.69, 9.17) is 0 Å². The maximum Gasteiger partial charge on any atom is -1.00 e. The molecule has 0 aromatic carbocycles. The van der Waals surface area contributed by atoms with E-state index in [0.29, 0.717) is 0 Å². The molecule has 4 heteroatoms. The fraction of sp³-hybridized carbons (Fsp3) is 1.00. The second-order valence-electron chi connectivity index (χ2n) is 2.52. The molecule has 0 aliphatic carbocycles. The van der Waals surface area contributed by atoms with Crippen LogP contribution in [0, 0.1) is 0 Å². The summed E-state index contributed by atoms with van der Waals surface area (Å²) in [5.41, 5.74) is 0. The quantitative estimate of drug-likeness (QED) is 0.338. The molecular formula is C8H17Cl3Ge. The summed E-state index contributed by atoms with van der Waals surface area (Å²) >= 11 is 2.26. The van der Waals surface area contributed by atoms with Crippen molar-refractivity contribution in [3.8, 4) is 0 Å². The molecule has 0 fully saturated rings. The molecule has 74 valence electrons. The fourth-order valence-corrected chi connectivity index (χ4v) is 1.43. The van der Waals surface area contributed by atoms with E-state index in [1.807, 2.05) is 0 Å². The summed E-state index contributed by atoms with van der Waals surface area (Å²) < 4.78 is 0. The summed E-state index contributed by atoms with van der Waals surface area (Å²) in [6, 6.07) is 0. The summed E-state index contributed by atoms with van der Waals surface area (Å²) in [5, 5.41) is 1.37. The van der Waals surface area contributed by atoms with Crippen molar-refractivity contribution >= 4 is 16.5 Å². The third-order valence-corrected chi connectivity index (χ3v) is 2.27. The fourth-order valence-electron chi connectivity index (χ4n) is 0.905. The van der Waals surface area contributed by atoms with Gasteiger partial charge < -0.3 is 37.2 Å². The van der Waals surface area contributed by atoms with Gasteiger partial charge in [-0.1, -0.05) is 0 Å². The molecule has 0 bridgehead atoms. The van der Waals surface area contributed by atoms with E-state index in [0.717, 1.165) is 0 Å². The van der Waals surface area contributed by atoms with Gasteiger partial charge in [0, 0.05) is 0 Å². The second-order valence-corrected chi connectivity index (χ2v) is 3.57. The maximum atomic E-state index is 2.26. The number of hydrogen-bond acceptors (Lipinski definition) is 0. The summed E-state index contributed by atoms with van der Waals surface area (Å²) in [5.74, 6) is 0. The molecule has 0 amide bonds. The van der Waals surface area contributed by atoms with Crippen molar-refractivity contribution < 1.29 is 37.2 Å². The zero-order valence-corrected chi connectivity index (χ0v) is 11.9. The first-order valence-electron chi connectivity index (χ1n) is 4.06. The number of rotatable bonds is 6. The van der Waals surface area contributed by atoms with Crippen LogP contribution in [0.25, 0.3) is 0 Å². The smallest absolute Gasteiger partial charge is 1.00 e. The van der Waals surface area contributed by atoms with E-state index in [9.17, 15) is 0 Å². The Kier molecular flexibility index (Phi) is 44.4. The van der Waals surface area contributed by atoms with Gasteiger partial charge in [0.25, 0.3) is 0 Å². The van der Waals surface area contributed by atoms with Gasteiger partial charge in [0.05, 0.1) is 0 Å². The SMILES string of the molecule is CCCCCCC[CH2][Ge+3].[Cl-].[Cl-].[Cl-]. The van der Waals surface area contributed by atoms with Crippen molar-refractivity contribution in [1.82, 2.24) is 0 Å². The van der Waals surface area contributed by atoms with E-state index >= 15 is 0 Å². The first-order valence-corrected chi connectivity index (χ1v) is 5.54. The van der Waals surface area contributed by atoms with Crippen molar-refractivity contribution in [3.63, 3.8) is 0 Å². The summed E-state index contributed by atoms with van der Waals surface area (Å²) in [4.78, 5) is 0. The molecule has 0 rings (SSSR count). The zero-order chi connectivity index (χ0) is 6.95. The number of halogens is 3. The van der Waals surface area contributed by atoms with Crippen molar-refractivity contribution in [2.24, 2.45) is 0 Å². The topological polar surface area (TPSA) is 0 Å². The van der Waals surface area contributed by atoms with Crippen LogP contribution < -0.4 is 37.2 Å². The van der Waals surface area contributed by atoms with Crippen molar-refractivity contribution in [2.45, 2.75) is 50.7 Å². The van der Waals surface area contributed by atoms with Crippen molar-refractivity contribution in [3.05, 3.63) is 0 Å². The standard InChI is InChI=1S/C8H17Ge.3ClH/c1-2-3-4-5-6-7-8-9;;;/h2-8H2,1H3;3*1H/q+3;;;/p-3. The molecule has 0 saturated carbocycles. The molecule has 0 spiro atoms. The van der Waals surface area contributed by atoms with E-state index in [1.165, 1.54) is 43.8 Å². The molecule has 0 aromatic rings. The Hall–Kier alpha value is 1.41. The zero-order valence-electron chi connectivity index (χ0n) is 7.58. The van der Waals surface area contributed by atoms with Gasteiger partial charge in [-0.3, -0.25) is 0 Å². The third kappa shape index (κ3) is 22.5. The normalized spacial score (nSPS) is 7.58. The molecule has 0 atom stereocenters. The average molecular weight is 292 g/mol.